The monoisotopic (exact) mass is 725 g/mol. The van der Waals surface area contributed by atoms with Crippen molar-refractivity contribution in [2.45, 2.75) is 5.41 Å². The molecule has 0 bridgehead atoms. The molecule has 0 saturated heterocycles. The van der Waals surface area contributed by atoms with Crippen LogP contribution >= 0.6 is 0 Å². The predicted octanol–water partition coefficient (Wildman–Crippen LogP) is 14.8. The summed E-state index contributed by atoms with van der Waals surface area (Å²) in [6, 6.07) is 77.5. The molecule has 0 aromatic heterocycles. The van der Waals surface area contributed by atoms with Gasteiger partial charge in [0.1, 0.15) is 11.5 Å². The minimum Gasteiger partial charge on any atom is -0.455 e. The molecule has 0 amide bonds. The summed E-state index contributed by atoms with van der Waals surface area (Å²) in [6.45, 7) is 0. The summed E-state index contributed by atoms with van der Waals surface area (Å²) in [5.41, 5.74) is 12.5. The van der Waals surface area contributed by atoms with Crippen LogP contribution in [0.2, 0.25) is 0 Å². The maximum Gasteiger partial charge on any atom is 0.140 e. The Morgan fingerprint density at radius 2 is 0.807 bits per heavy atom. The molecule has 2 heteroatoms. The van der Waals surface area contributed by atoms with Crippen molar-refractivity contribution in [3.05, 3.63) is 235 Å². The molecule has 0 unspecified atom stereocenters. The van der Waals surface area contributed by atoms with Gasteiger partial charge in [-0.1, -0.05) is 176 Å². The summed E-state index contributed by atoms with van der Waals surface area (Å²) >= 11 is 0. The van der Waals surface area contributed by atoms with Gasteiger partial charge < -0.3 is 9.64 Å². The number of rotatable bonds is 4. The van der Waals surface area contributed by atoms with Gasteiger partial charge in [0, 0.05) is 39.0 Å². The van der Waals surface area contributed by atoms with E-state index in [1.54, 1.807) is 0 Å². The third-order valence-corrected chi connectivity index (χ3v) is 12.3. The van der Waals surface area contributed by atoms with Crippen LogP contribution in [0.1, 0.15) is 22.3 Å². The van der Waals surface area contributed by atoms with Gasteiger partial charge in [-0.25, -0.2) is 0 Å². The van der Waals surface area contributed by atoms with Crippen LogP contribution in [0.3, 0.4) is 0 Å². The number of nitrogens with zero attached hydrogens (tertiary/aromatic N) is 1. The number of anilines is 3. The predicted molar refractivity (Wildman–Crippen MR) is 236 cm³/mol. The van der Waals surface area contributed by atoms with E-state index in [9.17, 15) is 0 Å². The van der Waals surface area contributed by atoms with Crippen molar-refractivity contribution in [2.24, 2.45) is 0 Å². The third kappa shape index (κ3) is 4.65. The molecule has 1 aliphatic carbocycles. The van der Waals surface area contributed by atoms with E-state index in [0.29, 0.717) is 0 Å². The summed E-state index contributed by atoms with van der Waals surface area (Å²) in [5.74, 6) is 1.86. The zero-order chi connectivity index (χ0) is 37.5. The molecule has 0 fully saturated rings. The second-order valence-corrected chi connectivity index (χ2v) is 15.2. The van der Waals surface area contributed by atoms with Gasteiger partial charge in [0.25, 0.3) is 0 Å². The highest BCUT2D eigenvalue weighted by molar-refractivity contribution is 6.00. The molecular formula is C55H35NO. The zero-order valence-electron chi connectivity index (χ0n) is 31.1. The molecule has 1 spiro atoms. The molecule has 2 aliphatic rings. The Morgan fingerprint density at radius 3 is 1.53 bits per heavy atom. The highest BCUT2D eigenvalue weighted by Crippen LogP contribution is 2.64. The third-order valence-electron chi connectivity index (χ3n) is 12.3. The van der Waals surface area contributed by atoms with Gasteiger partial charge in [-0.05, 0) is 91.3 Å². The summed E-state index contributed by atoms with van der Waals surface area (Å²) in [5, 5.41) is 7.01. The first-order valence-electron chi connectivity index (χ1n) is 19.7. The average molecular weight is 726 g/mol. The van der Waals surface area contributed by atoms with E-state index in [4.69, 9.17) is 4.74 Å². The minimum absolute atomic E-state index is 0.591. The maximum absolute atomic E-state index is 7.17. The van der Waals surface area contributed by atoms with Crippen LogP contribution in [-0.4, -0.2) is 0 Å². The lowest BCUT2D eigenvalue weighted by Crippen LogP contribution is -2.32. The number of benzene rings is 10. The molecule has 266 valence electrons. The summed E-state index contributed by atoms with van der Waals surface area (Å²) in [6.07, 6.45) is 0. The molecule has 12 rings (SSSR count). The Morgan fingerprint density at radius 1 is 0.316 bits per heavy atom. The highest BCUT2D eigenvalue weighted by Gasteiger charge is 2.52. The Hall–Kier alpha value is -7.42. The van der Waals surface area contributed by atoms with Crippen LogP contribution in [0.4, 0.5) is 17.1 Å². The lowest BCUT2D eigenvalue weighted by Gasteiger charge is -2.40. The van der Waals surface area contributed by atoms with Crippen molar-refractivity contribution in [1.82, 2.24) is 0 Å². The van der Waals surface area contributed by atoms with Crippen LogP contribution in [-0.2, 0) is 5.41 Å². The van der Waals surface area contributed by atoms with E-state index in [2.05, 4.69) is 217 Å². The van der Waals surface area contributed by atoms with Gasteiger partial charge in [0.15, 0.2) is 0 Å². The van der Waals surface area contributed by atoms with Gasteiger partial charge in [-0.3, -0.25) is 0 Å². The first kappa shape index (κ1) is 31.9. The van der Waals surface area contributed by atoms with E-state index >= 15 is 0 Å². The Labute approximate surface area is 331 Å². The van der Waals surface area contributed by atoms with Crippen molar-refractivity contribution < 1.29 is 4.74 Å². The van der Waals surface area contributed by atoms with Crippen LogP contribution in [0.25, 0.3) is 54.6 Å². The van der Waals surface area contributed by atoms with Crippen LogP contribution < -0.4 is 9.64 Å². The molecule has 1 heterocycles. The zero-order valence-corrected chi connectivity index (χ0v) is 31.1. The quantitative estimate of drug-likeness (QED) is 0.179. The second-order valence-electron chi connectivity index (χ2n) is 15.2. The van der Waals surface area contributed by atoms with Crippen molar-refractivity contribution in [1.29, 1.82) is 0 Å². The lowest BCUT2D eigenvalue weighted by molar-refractivity contribution is 0.447. The molecular weight excluding hydrogens is 691 g/mol. The first-order chi connectivity index (χ1) is 28.3. The summed E-state index contributed by atoms with van der Waals surface area (Å²) in [7, 11) is 0. The summed E-state index contributed by atoms with van der Waals surface area (Å²) < 4.78 is 7.17. The molecule has 10 aromatic rings. The Bertz CT molecular complexity index is 3130. The molecule has 57 heavy (non-hydrogen) atoms. The lowest BCUT2D eigenvalue weighted by atomic mass is 9.65. The number of hydrogen-bond donors (Lipinski definition) is 0. The van der Waals surface area contributed by atoms with E-state index in [0.717, 1.165) is 39.3 Å². The highest BCUT2D eigenvalue weighted by atomic mass is 16.5. The normalized spacial score (nSPS) is 13.2. The van der Waals surface area contributed by atoms with Gasteiger partial charge in [-0.2, -0.15) is 0 Å². The SMILES string of the molecule is c1ccc(-c2ccc(N(c3ccc4c(c3)-c3ccccc3C43c4ccc5ccccc5c4Oc4c3ccc3ccccc43)c3ccc4ccccc4c3)cc2)cc1. The Balaban J connectivity index is 1.12. The topological polar surface area (TPSA) is 12.5 Å². The number of fused-ring (bicyclic) bond motifs is 14. The fourth-order valence-corrected chi connectivity index (χ4v) is 9.73. The van der Waals surface area contributed by atoms with Gasteiger partial charge in [-0.15, -0.1) is 0 Å². The molecule has 0 saturated carbocycles. The first-order valence-corrected chi connectivity index (χ1v) is 19.7. The van der Waals surface area contributed by atoms with Crippen molar-refractivity contribution in [3.63, 3.8) is 0 Å². The smallest absolute Gasteiger partial charge is 0.140 e. The maximum atomic E-state index is 7.17. The van der Waals surface area contributed by atoms with Crippen molar-refractivity contribution >= 4 is 49.4 Å². The van der Waals surface area contributed by atoms with Crippen LogP contribution in [0, 0.1) is 0 Å². The second kappa shape index (κ2) is 12.3. The number of ether oxygens (including phenoxy) is 1. The molecule has 0 atom stereocenters. The van der Waals surface area contributed by atoms with E-state index < -0.39 is 5.41 Å². The number of hydrogen-bond acceptors (Lipinski definition) is 2. The van der Waals surface area contributed by atoms with Crippen molar-refractivity contribution in [3.8, 4) is 33.8 Å². The van der Waals surface area contributed by atoms with E-state index in [1.807, 2.05) is 0 Å². The van der Waals surface area contributed by atoms with Crippen molar-refractivity contribution in [2.75, 3.05) is 4.90 Å². The molecule has 0 N–H and O–H groups in total. The van der Waals surface area contributed by atoms with Crippen LogP contribution in [0.15, 0.2) is 212 Å². The Kier molecular flexibility index (Phi) is 6.88. The molecule has 0 radical (unpaired) electrons. The van der Waals surface area contributed by atoms with E-state index in [-0.39, 0.29) is 0 Å². The largest absolute Gasteiger partial charge is 0.455 e. The summed E-state index contributed by atoms with van der Waals surface area (Å²) in [4.78, 5) is 2.40. The fraction of sp³-hybridized carbons (Fsp3) is 0.0182. The van der Waals surface area contributed by atoms with Crippen LogP contribution in [0.5, 0.6) is 11.5 Å². The van der Waals surface area contributed by atoms with E-state index in [1.165, 1.54) is 66.1 Å². The minimum atomic E-state index is -0.591. The molecule has 2 nitrogen and oxygen atoms in total. The molecule has 10 aromatic carbocycles. The van der Waals surface area contributed by atoms with Gasteiger partial charge >= 0.3 is 0 Å². The van der Waals surface area contributed by atoms with Gasteiger partial charge in [0.05, 0.1) is 5.41 Å². The standard InChI is InChI=1S/C55H35NO/c1-2-12-36(13-3-1)38-22-27-42(28-23-38)56(43-29-24-37-14-4-5-17-41(37)34-43)44-30-33-50-48(35-44)47-20-10-11-21-49(47)55(50)51-31-25-39-15-6-8-18-45(39)53(51)57-54-46-19-9-7-16-40(46)26-32-52(54)55/h1-35H. The molecule has 1 aliphatic heterocycles. The van der Waals surface area contributed by atoms with Gasteiger partial charge in [0.2, 0.25) is 0 Å². The average Bonchev–Trinajstić information content (AvgIpc) is 3.56. The fourth-order valence-electron chi connectivity index (χ4n) is 9.73.